The molecule has 5 heteroatoms. The Kier molecular flexibility index (Phi) is 2.68. The minimum Gasteiger partial charge on any atom is -0.213 e. The third-order valence-electron chi connectivity index (χ3n) is 2.62. The van der Waals surface area contributed by atoms with Crippen LogP contribution in [0.5, 0.6) is 0 Å². The normalized spacial score (nSPS) is 10.8. The lowest BCUT2D eigenvalue weighted by Crippen LogP contribution is -2.06. The first-order chi connectivity index (χ1) is 7.61. The Morgan fingerprint density at radius 3 is 2.44 bits per heavy atom. The second-order valence-corrected chi connectivity index (χ2v) is 3.84. The van der Waals surface area contributed by atoms with E-state index < -0.39 is 0 Å². The van der Waals surface area contributed by atoms with Crippen molar-refractivity contribution in [3.05, 3.63) is 28.8 Å². The Hall–Kier alpha value is -1.78. The molecule has 0 unspecified atom stereocenters. The summed E-state index contributed by atoms with van der Waals surface area (Å²) in [6, 6.07) is 0. The monoisotopic (exact) mass is 217 g/mol. The second-order valence-electron chi connectivity index (χ2n) is 3.84. The van der Waals surface area contributed by atoms with Crippen LogP contribution in [0.15, 0.2) is 6.20 Å². The zero-order valence-electron chi connectivity index (χ0n) is 10.0. The van der Waals surface area contributed by atoms with E-state index in [-0.39, 0.29) is 0 Å². The highest BCUT2D eigenvalue weighted by molar-refractivity contribution is 5.21. The van der Waals surface area contributed by atoms with Gasteiger partial charge >= 0.3 is 0 Å². The average molecular weight is 217 g/mol. The van der Waals surface area contributed by atoms with Crippen LogP contribution >= 0.6 is 0 Å². The van der Waals surface area contributed by atoms with Crippen LogP contribution in [0.4, 0.5) is 0 Å². The molecule has 2 rings (SSSR count). The summed E-state index contributed by atoms with van der Waals surface area (Å²) in [5, 5.41) is 12.5. The fourth-order valence-corrected chi connectivity index (χ4v) is 1.49. The smallest absolute Gasteiger partial charge is 0.213 e. The van der Waals surface area contributed by atoms with Crippen molar-refractivity contribution in [2.24, 2.45) is 0 Å². The molecule has 0 bridgehead atoms. The molecular formula is C11H15N5. The molecule has 0 saturated carbocycles. The SMILES string of the molecule is CCc1nn(-c2nnc(C)c(C)n2)cc1C. The highest BCUT2D eigenvalue weighted by Gasteiger charge is 2.08. The molecule has 0 aliphatic carbocycles. The van der Waals surface area contributed by atoms with Crippen molar-refractivity contribution in [1.82, 2.24) is 25.0 Å². The standard InChI is InChI=1S/C11H15N5/c1-5-10-7(2)6-16(15-10)11-12-8(3)9(4)13-14-11/h6H,5H2,1-4H3. The summed E-state index contributed by atoms with van der Waals surface area (Å²) in [6.07, 6.45) is 2.85. The fraction of sp³-hybridized carbons (Fsp3) is 0.455. The molecule has 0 saturated heterocycles. The van der Waals surface area contributed by atoms with Crippen molar-refractivity contribution < 1.29 is 0 Å². The molecule has 0 aliphatic rings. The third kappa shape index (κ3) is 1.80. The van der Waals surface area contributed by atoms with E-state index in [1.54, 1.807) is 4.68 Å². The van der Waals surface area contributed by atoms with Crippen molar-refractivity contribution in [3.63, 3.8) is 0 Å². The van der Waals surface area contributed by atoms with E-state index >= 15 is 0 Å². The molecule has 16 heavy (non-hydrogen) atoms. The highest BCUT2D eigenvalue weighted by atomic mass is 15.4. The van der Waals surface area contributed by atoms with Crippen molar-refractivity contribution in [1.29, 1.82) is 0 Å². The zero-order chi connectivity index (χ0) is 11.7. The quantitative estimate of drug-likeness (QED) is 0.765. The van der Waals surface area contributed by atoms with Gasteiger partial charge in [-0.3, -0.25) is 0 Å². The van der Waals surface area contributed by atoms with Gasteiger partial charge in [0.1, 0.15) is 0 Å². The summed E-state index contributed by atoms with van der Waals surface area (Å²) >= 11 is 0. The highest BCUT2D eigenvalue weighted by Crippen LogP contribution is 2.09. The van der Waals surface area contributed by atoms with Gasteiger partial charge in [-0.2, -0.15) is 10.2 Å². The van der Waals surface area contributed by atoms with E-state index in [1.807, 2.05) is 27.0 Å². The van der Waals surface area contributed by atoms with Crippen LogP contribution in [0, 0.1) is 20.8 Å². The number of rotatable bonds is 2. The Morgan fingerprint density at radius 2 is 1.88 bits per heavy atom. The predicted molar refractivity (Wildman–Crippen MR) is 60.5 cm³/mol. The van der Waals surface area contributed by atoms with Gasteiger partial charge in [0.05, 0.1) is 17.1 Å². The minimum atomic E-state index is 0.533. The molecule has 2 aromatic heterocycles. The molecule has 2 heterocycles. The van der Waals surface area contributed by atoms with Crippen LogP contribution in [0.1, 0.15) is 29.6 Å². The van der Waals surface area contributed by atoms with Crippen LogP contribution in [-0.4, -0.2) is 25.0 Å². The van der Waals surface area contributed by atoms with E-state index in [0.717, 1.165) is 29.1 Å². The van der Waals surface area contributed by atoms with Gasteiger partial charge in [0, 0.05) is 6.20 Å². The maximum atomic E-state index is 4.42. The number of nitrogens with zero attached hydrogens (tertiary/aromatic N) is 5. The molecule has 0 fully saturated rings. The summed E-state index contributed by atoms with van der Waals surface area (Å²) in [5.74, 6) is 0.533. The van der Waals surface area contributed by atoms with E-state index in [4.69, 9.17) is 0 Å². The summed E-state index contributed by atoms with van der Waals surface area (Å²) in [6.45, 7) is 7.94. The van der Waals surface area contributed by atoms with Gasteiger partial charge in [-0.1, -0.05) is 6.92 Å². The molecule has 0 aromatic carbocycles. The van der Waals surface area contributed by atoms with Crippen molar-refractivity contribution in [2.45, 2.75) is 34.1 Å². The lowest BCUT2D eigenvalue weighted by molar-refractivity contribution is 0.739. The first-order valence-corrected chi connectivity index (χ1v) is 5.35. The average Bonchev–Trinajstić information content (AvgIpc) is 2.64. The Morgan fingerprint density at radius 1 is 1.12 bits per heavy atom. The largest absolute Gasteiger partial charge is 0.270 e. The van der Waals surface area contributed by atoms with Gasteiger partial charge in [0.25, 0.3) is 5.95 Å². The molecular weight excluding hydrogens is 202 g/mol. The summed E-state index contributed by atoms with van der Waals surface area (Å²) in [4.78, 5) is 4.36. The molecule has 0 amide bonds. The lowest BCUT2D eigenvalue weighted by atomic mass is 10.2. The number of aryl methyl sites for hydroxylation is 4. The Balaban J connectivity index is 2.46. The van der Waals surface area contributed by atoms with Crippen molar-refractivity contribution in [3.8, 4) is 5.95 Å². The molecule has 0 spiro atoms. The van der Waals surface area contributed by atoms with Gasteiger partial charge in [-0.25, -0.2) is 9.67 Å². The molecule has 2 aromatic rings. The van der Waals surface area contributed by atoms with E-state index in [0.29, 0.717) is 5.95 Å². The lowest BCUT2D eigenvalue weighted by Gasteiger charge is -2.01. The van der Waals surface area contributed by atoms with Crippen LogP contribution in [0.25, 0.3) is 5.95 Å². The Labute approximate surface area is 94.5 Å². The molecule has 5 nitrogen and oxygen atoms in total. The van der Waals surface area contributed by atoms with E-state index in [2.05, 4.69) is 27.2 Å². The van der Waals surface area contributed by atoms with Gasteiger partial charge in [-0.15, -0.1) is 5.10 Å². The minimum absolute atomic E-state index is 0.533. The summed E-state index contributed by atoms with van der Waals surface area (Å²) in [7, 11) is 0. The number of aromatic nitrogens is 5. The van der Waals surface area contributed by atoms with Gasteiger partial charge in [-0.05, 0) is 32.8 Å². The van der Waals surface area contributed by atoms with E-state index in [9.17, 15) is 0 Å². The van der Waals surface area contributed by atoms with Gasteiger partial charge in [0.15, 0.2) is 0 Å². The van der Waals surface area contributed by atoms with Crippen molar-refractivity contribution in [2.75, 3.05) is 0 Å². The maximum Gasteiger partial charge on any atom is 0.270 e. The number of hydrogen-bond acceptors (Lipinski definition) is 4. The summed E-state index contributed by atoms with van der Waals surface area (Å²) < 4.78 is 1.69. The Bertz CT molecular complexity index is 515. The molecule has 84 valence electrons. The first-order valence-electron chi connectivity index (χ1n) is 5.35. The second kappa shape index (κ2) is 4.00. The molecule has 0 aliphatic heterocycles. The molecule has 0 radical (unpaired) electrons. The van der Waals surface area contributed by atoms with Crippen LogP contribution in [-0.2, 0) is 6.42 Å². The molecule has 0 N–H and O–H groups in total. The van der Waals surface area contributed by atoms with Crippen LogP contribution in [0.2, 0.25) is 0 Å². The van der Waals surface area contributed by atoms with Crippen LogP contribution < -0.4 is 0 Å². The predicted octanol–water partition coefficient (Wildman–Crippen LogP) is 1.54. The third-order valence-corrected chi connectivity index (χ3v) is 2.62. The summed E-state index contributed by atoms with van der Waals surface area (Å²) in [5.41, 5.74) is 3.96. The van der Waals surface area contributed by atoms with Crippen molar-refractivity contribution >= 4 is 0 Å². The topological polar surface area (TPSA) is 56.5 Å². The number of hydrogen-bond donors (Lipinski definition) is 0. The zero-order valence-corrected chi connectivity index (χ0v) is 10.0. The first kappa shape index (κ1) is 10.7. The van der Waals surface area contributed by atoms with Gasteiger partial charge < -0.3 is 0 Å². The fourth-order valence-electron chi connectivity index (χ4n) is 1.49. The van der Waals surface area contributed by atoms with E-state index in [1.165, 1.54) is 0 Å². The maximum absolute atomic E-state index is 4.42. The van der Waals surface area contributed by atoms with Gasteiger partial charge in [0.2, 0.25) is 0 Å². The van der Waals surface area contributed by atoms with Crippen LogP contribution in [0.3, 0.4) is 0 Å². The molecule has 0 atom stereocenters.